The van der Waals surface area contributed by atoms with E-state index < -0.39 is 0 Å². The fourth-order valence-corrected chi connectivity index (χ4v) is 6.66. The van der Waals surface area contributed by atoms with Crippen LogP contribution in [0.3, 0.4) is 0 Å². The van der Waals surface area contributed by atoms with Crippen LogP contribution in [0.5, 0.6) is 0 Å². The van der Waals surface area contributed by atoms with Crippen LogP contribution < -0.4 is 10.6 Å². The van der Waals surface area contributed by atoms with Gasteiger partial charge in [0.25, 0.3) is 0 Å². The summed E-state index contributed by atoms with van der Waals surface area (Å²) in [4.78, 5) is 22.4. The summed E-state index contributed by atoms with van der Waals surface area (Å²) in [7, 11) is 0. The normalized spacial score (nSPS) is 11.7. The molecule has 0 amide bonds. The van der Waals surface area contributed by atoms with Crippen LogP contribution in [-0.4, -0.2) is 46.8 Å². The van der Waals surface area contributed by atoms with Gasteiger partial charge in [0, 0.05) is 35.9 Å². The highest BCUT2D eigenvalue weighted by Crippen LogP contribution is 2.32. The van der Waals surface area contributed by atoms with Crippen LogP contribution in [0.25, 0.3) is 66.8 Å². The van der Waals surface area contributed by atoms with Crippen molar-refractivity contribution in [2.24, 2.45) is 11.8 Å². The van der Waals surface area contributed by atoms with Gasteiger partial charge in [-0.05, 0) is 66.1 Å². The first-order chi connectivity index (χ1) is 25.4. The molecule has 0 aliphatic heterocycles. The fourth-order valence-electron chi connectivity index (χ4n) is 6.66. The Bertz CT molecular complexity index is 2680. The molecule has 0 spiro atoms. The van der Waals surface area contributed by atoms with E-state index in [2.05, 4.69) is 126 Å². The van der Waals surface area contributed by atoms with Crippen molar-refractivity contribution in [3.05, 3.63) is 121 Å². The van der Waals surface area contributed by atoms with Gasteiger partial charge in [-0.15, -0.1) is 0 Å². The first-order valence-corrected chi connectivity index (χ1v) is 18.0. The van der Waals surface area contributed by atoms with Crippen molar-refractivity contribution in [3.8, 4) is 22.5 Å². The van der Waals surface area contributed by atoms with Gasteiger partial charge < -0.3 is 15.6 Å². The van der Waals surface area contributed by atoms with E-state index in [-0.39, 0.29) is 0 Å². The topological polar surface area (TPSA) is 100 Å². The molecule has 0 bridgehead atoms. The Hall–Kier alpha value is -6.22. The average molecular weight is 686 g/mol. The van der Waals surface area contributed by atoms with Crippen LogP contribution >= 0.6 is 0 Å². The molecule has 260 valence electrons. The van der Waals surface area contributed by atoms with Crippen LogP contribution in [-0.2, 0) is 0 Å². The molecule has 4 aromatic carbocycles. The number of aryl methyl sites for hydroxylation is 1. The van der Waals surface area contributed by atoms with Crippen molar-refractivity contribution in [1.29, 1.82) is 0 Å². The summed E-state index contributed by atoms with van der Waals surface area (Å²) in [6.45, 7) is 12.6. The lowest BCUT2D eigenvalue weighted by Gasteiger charge is -2.13. The SMILES string of the molecule is CC(C)CNc1nc2ccccc2n2c(-c3ccc4cc[nH]c4c3)cnc12.Cc1ccccc1-c1cnc2c(NCC(C)C)nc3ccccc3n12. The molecule has 5 aromatic heterocycles. The van der Waals surface area contributed by atoms with Gasteiger partial charge in [-0.3, -0.25) is 8.80 Å². The molecule has 0 aliphatic rings. The Labute approximate surface area is 302 Å². The van der Waals surface area contributed by atoms with Gasteiger partial charge in [0.15, 0.2) is 22.9 Å². The summed E-state index contributed by atoms with van der Waals surface area (Å²) in [5.74, 6) is 2.74. The molecular weight excluding hydrogens is 643 g/mol. The molecule has 5 heterocycles. The minimum Gasteiger partial charge on any atom is -0.367 e. The second-order valence-corrected chi connectivity index (χ2v) is 14.1. The van der Waals surface area contributed by atoms with Gasteiger partial charge >= 0.3 is 0 Å². The zero-order chi connectivity index (χ0) is 35.8. The number of nitrogens with zero attached hydrogens (tertiary/aromatic N) is 6. The average Bonchev–Trinajstić information content (AvgIpc) is 3.92. The number of fused-ring (bicyclic) bond motifs is 7. The molecule has 0 unspecified atom stereocenters. The van der Waals surface area contributed by atoms with Crippen molar-refractivity contribution in [1.82, 2.24) is 33.7 Å². The van der Waals surface area contributed by atoms with E-state index in [9.17, 15) is 0 Å². The molecule has 0 fully saturated rings. The number of hydrogen-bond donors (Lipinski definition) is 3. The van der Waals surface area contributed by atoms with Crippen molar-refractivity contribution in [2.75, 3.05) is 23.7 Å². The number of H-pyrrole nitrogens is 1. The number of para-hydroxylation sites is 4. The van der Waals surface area contributed by atoms with Crippen LogP contribution in [0.4, 0.5) is 11.6 Å². The maximum Gasteiger partial charge on any atom is 0.181 e. The molecule has 0 saturated heterocycles. The van der Waals surface area contributed by atoms with E-state index in [0.717, 1.165) is 80.6 Å². The van der Waals surface area contributed by atoms with Crippen LogP contribution in [0, 0.1) is 18.8 Å². The number of aromatic nitrogens is 7. The second-order valence-electron chi connectivity index (χ2n) is 14.1. The van der Waals surface area contributed by atoms with Crippen LogP contribution in [0.2, 0.25) is 0 Å². The number of anilines is 2. The van der Waals surface area contributed by atoms with E-state index in [1.165, 1.54) is 16.5 Å². The number of hydrogen-bond acceptors (Lipinski definition) is 6. The molecule has 9 aromatic rings. The summed E-state index contributed by atoms with van der Waals surface area (Å²) in [5, 5.41) is 8.14. The Morgan fingerprint density at radius 2 is 1.19 bits per heavy atom. The predicted molar refractivity (Wildman–Crippen MR) is 215 cm³/mol. The zero-order valence-electron chi connectivity index (χ0n) is 30.2. The standard InChI is InChI=1S/C22H21N5.C21H22N4/c1-14(2)12-24-21-22-25-13-20(16-8-7-15-9-10-23-18(15)11-16)27(22)19-6-4-3-5-17(19)26-21;1-14(2)12-22-20-21-23-13-19(16-9-5-4-8-15(16)3)25(21)18-11-7-6-10-17(18)24-20/h3-11,13-14,23H,12H2,1-2H3,(H,24,26);4-11,13-14H,12H2,1-3H3,(H,22,24). The number of rotatable bonds is 8. The molecule has 9 nitrogen and oxygen atoms in total. The highest BCUT2D eigenvalue weighted by atomic mass is 15.1. The van der Waals surface area contributed by atoms with Gasteiger partial charge in [-0.2, -0.15) is 0 Å². The Balaban J connectivity index is 0.000000149. The van der Waals surface area contributed by atoms with Gasteiger partial charge in [-0.25, -0.2) is 19.9 Å². The molecule has 0 radical (unpaired) electrons. The van der Waals surface area contributed by atoms with Gasteiger partial charge in [0.05, 0.1) is 45.8 Å². The number of imidazole rings is 2. The minimum atomic E-state index is 0.531. The zero-order valence-corrected chi connectivity index (χ0v) is 30.2. The molecular formula is C43H43N9. The molecule has 52 heavy (non-hydrogen) atoms. The van der Waals surface area contributed by atoms with E-state index in [1.807, 2.05) is 48.9 Å². The Morgan fingerprint density at radius 3 is 1.81 bits per heavy atom. The lowest BCUT2D eigenvalue weighted by atomic mass is 10.1. The third-order valence-corrected chi connectivity index (χ3v) is 9.28. The monoisotopic (exact) mass is 685 g/mol. The Kier molecular flexibility index (Phi) is 8.76. The molecule has 9 rings (SSSR count). The number of nitrogens with one attached hydrogen (secondary N) is 3. The molecule has 0 saturated carbocycles. The maximum atomic E-state index is 4.82. The minimum absolute atomic E-state index is 0.531. The highest BCUT2D eigenvalue weighted by molar-refractivity contribution is 5.89. The quantitative estimate of drug-likeness (QED) is 0.147. The molecule has 3 N–H and O–H groups in total. The molecule has 0 aliphatic carbocycles. The highest BCUT2D eigenvalue weighted by Gasteiger charge is 2.17. The van der Waals surface area contributed by atoms with Gasteiger partial charge in [0.1, 0.15) is 0 Å². The number of aromatic amines is 1. The van der Waals surface area contributed by atoms with E-state index >= 15 is 0 Å². The van der Waals surface area contributed by atoms with E-state index in [4.69, 9.17) is 19.9 Å². The lowest BCUT2D eigenvalue weighted by Crippen LogP contribution is -2.11. The smallest absolute Gasteiger partial charge is 0.181 e. The summed E-state index contributed by atoms with van der Waals surface area (Å²) in [6.07, 6.45) is 5.86. The van der Waals surface area contributed by atoms with Gasteiger partial charge in [0.2, 0.25) is 0 Å². The molecule has 0 atom stereocenters. The maximum absolute atomic E-state index is 4.82. The second kappa shape index (κ2) is 13.8. The fraction of sp³-hybridized carbons (Fsp3) is 0.209. The third kappa shape index (κ3) is 6.19. The largest absolute Gasteiger partial charge is 0.367 e. The number of benzene rings is 4. The van der Waals surface area contributed by atoms with Crippen LogP contribution in [0.15, 0.2) is 116 Å². The molecule has 9 heteroatoms. The summed E-state index contributed by atoms with van der Waals surface area (Å²) < 4.78 is 4.42. The van der Waals surface area contributed by atoms with E-state index in [1.54, 1.807) is 0 Å². The van der Waals surface area contributed by atoms with Crippen molar-refractivity contribution < 1.29 is 0 Å². The third-order valence-electron chi connectivity index (χ3n) is 9.28. The summed E-state index contributed by atoms with van der Waals surface area (Å²) in [6, 6.07) is 33.4. The van der Waals surface area contributed by atoms with Crippen molar-refractivity contribution in [3.63, 3.8) is 0 Å². The predicted octanol–water partition coefficient (Wildman–Crippen LogP) is 10.0. The Morgan fingerprint density at radius 1 is 0.635 bits per heavy atom. The lowest BCUT2D eigenvalue weighted by molar-refractivity contribution is 0.687. The van der Waals surface area contributed by atoms with Gasteiger partial charge in [-0.1, -0.05) is 88.4 Å². The van der Waals surface area contributed by atoms with Crippen molar-refractivity contribution in [2.45, 2.75) is 34.6 Å². The first kappa shape index (κ1) is 33.0. The van der Waals surface area contributed by atoms with Crippen LogP contribution in [0.1, 0.15) is 33.3 Å². The van der Waals surface area contributed by atoms with Crippen molar-refractivity contribution >= 4 is 55.9 Å². The summed E-state index contributed by atoms with van der Waals surface area (Å²) in [5.41, 5.74) is 12.6. The van der Waals surface area contributed by atoms with E-state index in [0.29, 0.717) is 11.8 Å². The first-order valence-electron chi connectivity index (χ1n) is 18.0. The summed E-state index contributed by atoms with van der Waals surface area (Å²) >= 11 is 0.